The van der Waals surface area contributed by atoms with Gasteiger partial charge in [0, 0.05) is 24.5 Å². The molecule has 1 atom stereocenters. The van der Waals surface area contributed by atoms with Crippen molar-refractivity contribution in [2.45, 2.75) is 17.7 Å². The molecule has 0 spiro atoms. The normalized spacial score (nSPS) is 17.8. The van der Waals surface area contributed by atoms with Crippen LogP contribution in [0.1, 0.15) is 12.8 Å². The highest BCUT2D eigenvalue weighted by Gasteiger charge is 2.30. The van der Waals surface area contributed by atoms with Crippen LogP contribution in [-0.2, 0) is 24.8 Å². The molecule has 0 saturated carbocycles. The molecule has 1 saturated heterocycles. The fourth-order valence-corrected chi connectivity index (χ4v) is 5.16. The Morgan fingerprint density at radius 1 is 1.00 bits per heavy atom. The summed E-state index contributed by atoms with van der Waals surface area (Å²) in [5.41, 5.74) is 0.556. The van der Waals surface area contributed by atoms with Crippen molar-refractivity contribution in [1.82, 2.24) is 4.31 Å². The van der Waals surface area contributed by atoms with Crippen molar-refractivity contribution in [2.75, 3.05) is 29.4 Å². The maximum Gasteiger partial charge on any atom is 0.261 e. The monoisotopic (exact) mass is 473 g/mol. The molecule has 0 radical (unpaired) electrons. The summed E-state index contributed by atoms with van der Waals surface area (Å²) in [6.07, 6.45) is 2.24. The van der Waals surface area contributed by atoms with Crippen LogP contribution >= 0.6 is 0 Å². The van der Waals surface area contributed by atoms with Gasteiger partial charge in [0.2, 0.25) is 15.9 Å². The predicted molar refractivity (Wildman–Crippen MR) is 111 cm³/mol. The van der Waals surface area contributed by atoms with Crippen LogP contribution in [0.3, 0.4) is 0 Å². The SMILES string of the molecule is CS(=O)(=O)N1CCCC(C(=O)Nc2ccc(NS(=O)(=O)c3ccc(F)c(F)c3)cc2)C1. The van der Waals surface area contributed by atoms with Crippen LogP contribution in [-0.4, -0.2) is 46.4 Å². The third-order valence-electron chi connectivity index (χ3n) is 4.83. The smallest absolute Gasteiger partial charge is 0.261 e. The van der Waals surface area contributed by atoms with E-state index in [-0.39, 0.29) is 18.1 Å². The number of benzene rings is 2. The second kappa shape index (κ2) is 8.89. The van der Waals surface area contributed by atoms with Gasteiger partial charge in [0.1, 0.15) is 0 Å². The third kappa shape index (κ3) is 5.77. The van der Waals surface area contributed by atoms with Gasteiger partial charge in [0.25, 0.3) is 10.0 Å². The molecule has 2 N–H and O–H groups in total. The third-order valence-corrected chi connectivity index (χ3v) is 7.48. The molecule has 1 aliphatic rings. The number of carbonyl (C=O) groups is 1. The molecule has 3 rings (SSSR count). The Kier molecular flexibility index (Phi) is 6.62. The van der Waals surface area contributed by atoms with Gasteiger partial charge >= 0.3 is 0 Å². The summed E-state index contributed by atoms with van der Waals surface area (Å²) in [5, 5.41) is 2.69. The van der Waals surface area contributed by atoms with Crippen molar-refractivity contribution in [1.29, 1.82) is 0 Å². The zero-order valence-electron chi connectivity index (χ0n) is 16.5. The summed E-state index contributed by atoms with van der Waals surface area (Å²) in [7, 11) is -7.50. The number of piperidine rings is 1. The number of amides is 1. The molecular weight excluding hydrogens is 452 g/mol. The molecule has 1 unspecified atom stereocenters. The maximum atomic E-state index is 13.3. The minimum atomic E-state index is -4.13. The minimum Gasteiger partial charge on any atom is -0.326 e. The van der Waals surface area contributed by atoms with Gasteiger partial charge in [-0.1, -0.05) is 0 Å². The van der Waals surface area contributed by atoms with Crippen LogP contribution in [0.4, 0.5) is 20.2 Å². The van der Waals surface area contributed by atoms with Crippen LogP contribution in [0.15, 0.2) is 47.4 Å². The lowest BCUT2D eigenvalue weighted by Gasteiger charge is -2.30. The lowest BCUT2D eigenvalue weighted by Crippen LogP contribution is -2.43. The van der Waals surface area contributed by atoms with Crippen molar-refractivity contribution < 1.29 is 30.4 Å². The first-order valence-electron chi connectivity index (χ1n) is 9.29. The van der Waals surface area contributed by atoms with Crippen molar-refractivity contribution >= 4 is 37.3 Å². The van der Waals surface area contributed by atoms with Crippen molar-refractivity contribution in [3.05, 3.63) is 54.1 Å². The second-order valence-electron chi connectivity index (χ2n) is 7.21. The Labute approximate surface area is 179 Å². The molecule has 0 aromatic heterocycles. The molecule has 1 heterocycles. The van der Waals surface area contributed by atoms with Crippen molar-refractivity contribution in [3.8, 4) is 0 Å². The van der Waals surface area contributed by atoms with Gasteiger partial charge in [0.05, 0.1) is 17.1 Å². The molecule has 2 aromatic rings. The summed E-state index contributed by atoms with van der Waals surface area (Å²) in [6.45, 7) is 0.492. The highest BCUT2D eigenvalue weighted by Crippen LogP contribution is 2.23. The molecule has 1 amide bonds. The fourth-order valence-electron chi connectivity index (χ4n) is 3.18. The van der Waals surface area contributed by atoms with E-state index in [0.29, 0.717) is 31.1 Å². The van der Waals surface area contributed by atoms with E-state index >= 15 is 0 Å². The van der Waals surface area contributed by atoms with E-state index in [2.05, 4.69) is 10.0 Å². The topological polar surface area (TPSA) is 113 Å². The largest absolute Gasteiger partial charge is 0.326 e. The second-order valence-corrected chi connectivity index (χ2v) is 10.9. The summed E-state index contributed by atoms with van der Waals surface area (Å²) in [5.74, 6) is -3.26. The highest BCUT2D eigenvalue weighted by molar-refractivity contribution is 7.92. The zero-order chi connectivity index (χ0) is 22.8. The number of sulfonamides is 2. The summed E-state index contributed by atoms with van der Waals surface area (Å²) < 4.78 is 77.9. The maximum absolute atomic E-state index is 13.3. The quantitative estimate of drug-likeness (QED) is 0.669. The molecule has 31 heavy (non-hydrogen) atoms. The van der Waals surface area contributed by atoms with Gasteiger partial charge in [-0.25, -0.2) is 29.9 Å². The summed E-state index contributed by atoms with van der Waals surface area (Å²) in [6, 6.07) is 7.98. The van der Waals surface area contributed by atoms with E-state index < -0.39 is 42.5 Å². The van der Waals surface area contributed by atoms with E-state index in [4.69, 9.17) is 0 Å². The van der Waals surface area contributed by atoms with Crippen LogP contribution in [0.25, 0.3) is 0 Å². The Balaban J connectivity index is 1.65. The van der Waals surface area contributed by atoms with Gasteiger partial charge in [-0.15, -0.1) is 0 Å². The standard InChI is InChI=1S/C19H21F2N3O5S2/c1-30(26,27)24-10-2-3-13(12-24)19(25)22-14-4-6-15(7-5-14)23-31(28,29)16-8-9-17(20)18(21)11-16/h4-9,11,13,23H,2-3,10,12H2,1H3,(H,22,25). The zero-order valence-corrected chi connectivity index (χ0v) is 18.1. The Morgan fingerprint density at radius 2 is 1.65 bits per heavy atom. The number of carbonyl (C=O) groups excluding carboxylic acids is 1. The number of nitrogens with zero attached hydrogens (tertiary/aromatic N) is 1. The van der Waals surface area contributed by atoms with Crippen LogP contribution in [0.5, 0.6) is 0 Å². The summed E-state index contributed by atoms with van der Waals surface area (Å²) in [4.78, 5) is 12.1. The van der Waals surface area contributed by atoms with E-state index in [1.165, 1.54) is 28.6 Å². The molecule has 0 aliphatic carbocycles. The predicted octanol–water partition coefficient (Wildman–Crippen LogP) is 2.38. The number of anilines is 2. The number of rotatable bonds is 6. The lowest BCUT2D eigenvalue weighted by molar-refractivity contribution is -0.120. The molecule has 12 heteroatoms. The fraction of sp³-hybridized carbons (Fsp3) is 0.316. The minimum absolute atomic E-state index is 0.108. The number of nitrogens with one attached hydrogen (secondary N) is 2. The van der Waals surface area contributed by atoms with Crippen molar-refractivity contribution in [2.24, 2.45) is 5.92 Å². The first-order valence-corrected chi connectivity index (χ1v) is 12.6. The Hall–Kier alpha value is -2.57. The van der Waals surface area contributed by atoms with Crippen LogP contribution < -0.4 is 10.0 Å². The van der Waals surface area contributed by atoms with Gasteiger partial charge in [-0.3, -0.25) is 9.52 Å². The Bertz CT molecular complexity index is 1190. The highest BCUT2D eigenvalue weighted by atomic mass is 32.2. The van der Waals surface area contributed by atoms with Gasteiger partial charge in [-0.05, 0) is 55.3 Å². The number of hydrogen-bond acceptors (Lipinski definition) is 5. The average Bonchev–Trinajstić information content (AvgIpc) is 2.70. The lowest BCUT2D eigenvalue weighted by atomic mass is 9.98. The first-order chi connectivity index (χ1) is 14.5. The van der Waals surface area contributed by atoms with Crippen LogP contribution in [0, 0.1) is 17.6 Å². The molecule has 168 valence electrons. The molecule has 0 bridgehead atoms. The average molecular weight is 474 g/mol. The van der Waals surface area contributed by atoms with Crippen LogP contribution in [0.2, 0.25) is 0 Å². The van der Waals surface area contributed by atoms with Crippen molar-refractivity contribution in [3.63, 3.8) is 0 Å². The number of halogens is 2. The Morgan fingerprint density at radius 3 is 2.26 bits per heavy atom. The van der Waals surface area contributed by atoms with Gasteiger partial charge in [-0.2, -0.15) is 0 Å². The van der Waals surface area contributed by atoms with Gasteiger partial charge < -0.3 is 5.32 Å². The molecule has 8 nitrogen and oxygen atoms in total. The first kappa shape index (κ1) is 23.1. The van der Waals surface area contributed by atoms with E-state index in [1.807, 2.05) is 0 Å². The van der Waals surface area contributed by atoms with E-state index in [9.17, 15) is 30.4 Å². The van der Waals surface area contributed by atoms with E-state index in [1.54, 1.807) is 0 Å². The molecular formula is C19H21F2N3O5S2. The van der Waals surface area contributed by atoms with E-state index in [0.717, 1.165) is 18.4 Å². The number of hydrogen-bond donors (Lipinski definition) is 2. The molecule has 1 aliphatic heterocycles. The van der Waals surface area contributed by atoms with Gasteiger partial charge in [0.15, 0.2) is 11.6 Å². The molecule has 1 fully saturated rings. The molecule has 2 aromatic carbocycles. The summed E-state index contributed by atoms with van der Waals surface area (Å²) >= 11 is 0.